The van der Waals surface area contributed by atoms with Gasteiger partial charge in [-0.1, -0.05) is 30.3 Å². The lowest BCUT2D eigenvalue weighted by molar-refractivity contribution is 0.0122. The number of piperidine rings is 1. The Balaban J connectivity index is 1.63. The standard InChI is InChI=1S/C19H26N2O2/c1-18(2,3)23-17(22)21-12-9-16(13-19(21)10-11-19)20-14-15-7-5-4-6-8-15/h4-8H,9-14H2,1-3H3/b20-16+. The van der Waals surface area contributed by atoms with Gasteiger partial charge in [0.15, 0.2) is 0 Å². The fourth-order valence-electron chi connectivity index (χ4n) is 3.16. The van der Waals surface area contributed by atoms with E-state index in [-0.39, 0.29) is 11.6 Å². The third-order valence-electron chi connectivity index (χ3n) is 4.50. The van der Waals surface area contributed by atoms with Gasteiger partial charge < -0.3 is 9.64 Å². The molecule has 1 spiro atoms. The zero-order chi connectivity index (χ0) is 16.5. The van der Waals surface area contributed by atoms with Crippen LogP contribution in [0.2, 0.25) is 0 Å². The monoisotopic (exact) mass is 314 g/mol. The topological polar surface area (TPSA) is 41.9 Å². The second-order valence-electron chi connectivity index (χ2n) is 7.65. The minimum absolute atomic E-state index is 0.0178. The van der Waals surface area contributed by atoms with Crippen molar-refractivity contribution >= 4 is 11.8 Å². The van der Waals surface area contributed by atoms with E-state index in [1.54, 1.807) is 0 Å². The summed E-state index contributed by atoms with van der Waals surface area (Å²) in [6.45, 7) is 7.21. The van der Waals surface area contributed by atoms with Crippen LogP contribution in [0.3, 0.4) is 0 Å². The zero-order valence-corrected chi connectivity index (χ0v) is 14.3. The Labute approximate surface area is 138 Å². The third-order valence-corrected chi connectivity index (χ3v) is 4.50. The molecule has 0 radical (unpaired) electrons. The predicted octanol–water partition coefficient (Wildman–Crippen LogP) is 4.19. The van der Waals surface area contributed by atoms with Crippen molar-refractivity contribution < 1.29 is 9.53 Å². The second-order valence-corrected chi connectivity index (χ2v) is 7.65. The number of likely N-dealkylation sites (tertiary alicyclic amines) is 1. The normalized spacial score (nSPS) is 21.5. The summed E-state index contributed by atoms with van der Waals surface area (Å²) in [5, 5.41) is 0. The van der Waals surface area contributed by atoms with Crippen LogP contribution in [0, 0.1) is 0 Å². The summed E-state index contributed by atoms with van der Waals surface area (Å²) in [6, 6.07) is 10.3. The molecule has 2 aliphatic rings. The molecular formula is C19H26N2O2. The zero-order valence-electron chi connectivity index (χ0n) is 14.3. The molecule has 1 aromatic carbocycles. The van der Waals surface area contributed by atoms with Crippen molar-refractivity contribution in [3.63, 3.8) is 0 Å². The molecule has 1 saturated carbocycles. The molecule has 1 heterocycles. The van der Waals surface area contributed by atoms with Gasteiger partial charge in [-0.2, -0.15) is 0 Å². The molecule has 0 bridgehead atoms. The SMILES string of the molecule is CC(C)(C)OC(=O)N1CC/C(=N\Cc2ccccc2)CC12CC2. The molecule has 4 heteroatoms. The number of ether oxygens (including phenoxy) is 1. The molecule has 3 rings (SSSR count). The molecule has 0 aromatic heterocycles. The van der Waals surface area contributed by atoms with Gasteiger partial charge in [0.1, 0.15) is 5.60 Å². The van der Waals surface area contributed by atoms with E-state index in [1.165, 1.54) is 11.3 Å². The van der Waals surface area contributed by atoms with Crippen LogP contribution in [0.25, 0.3) is 0 Å². The fourth-order valence-corrected chi connectivity index (χ4v) is 3.16. The third kappa shape index (κ3) is 3.92. The molecule has 1 saturated heterocycles. The van der Waals surface area contributed by atoms with E-state index in [0.717, 1.165) is 38.8 Å². The first-order valence-electron chi connectivity index (χ1n) is 8.45. The Kier molecular flexibility index (Phi) is 4.17. The number of hydrogen-bond donors (Lipinski definition) is 0. The number of nitrogens with zero attached hydrogens (tertiary/aromatic N) is 2. The van der Waals surface area contributed by atoms with Crippen molar-refractivity contribution in [3.05, 3.63) is 35.9 Å². The number of hydrogen-bond acceptors (Lipinski definition) is 3. The lowest BCUT2D eigenvalue weighted by atomic mass is 9.98. The van der Waals surface area contributed by atoms with Gasteiger partial charge in [0.25, 0.3) is 0 Å². The molecule has 0 N–H and O–H groups in total. The minimum atomic E-state index is -0.436. The van der Waals surface area contributed by atoms with E-state index in [1.807, 2.05) is 43.9 Å². The lowest BCUT2D eigenvalue weighted by Crippen LogP contribution is -2.50. The van der Waals surface area contributed by atoms with Crippen molar-refractivity contribution in [1.82, 2.24) is 4.90 Å². The molecule has 0 atom stereocenters. The maximum absolute atomic E-state index is 12.4. The summed E-state index contributed by atoms with van der Waals surface area (Å²) in [5.74, 6) is 0. The molecule has 4 nitrogen and oxygen atoms in total. The smallest absolute Gasteiger partial charge is 0.410 e. The van der Waals surface area contributed by atoms with Crippen LogP contribution >= 0.6 is 0 Å². The van der Waals surface area contributed by atoms with Crippen LogP contribution in [-0.4, -0.2) is 34.4 Å². The average Bonchev–Trinajstić information content (AvgIpc) is 3.24. The highest BCUT2D eigenvalue weighted by molar-refractivity contribution is 5.89. The molecule has 23 heavy (non-hydrogen) atoms. The molecule has 1 aliphatic carbocycles. The summed E-state index contributed by atoms with van der Waals surface area (Å²) in [6.07, 6.45) is 3.72. The first-order chi connectivity index (χ1) is 10.9. The van der Waals surface area contributed by atoms with Gasteiger partial charge in [-0.05, 0) is 39.2 Å². The van der Waals surface area contributed by atoms with E-state index >= 15 is 0 Å². The van der Waals surface area contributed by atoms with Gasteiger partial charge in [-0.3, -0.25) is 4.99 Å². The predicted molar refractivity (Wildman–Crippen MR) is 91.7 cm³/mol. The second kappa shape index (κ2) is 5.99. The Morgan fingerprint density at radius 1 is 1.26 bits per heavy atom. The minimum Gasteiger partial charge on any atom is -0.444 e. The van der Waals surface area contributed by atoms with E-state index in [2.05, 4.69) is 12.1 Å². The number of amides is 1. The maximum Gasteiger partial charge on any atom is 0.410 e. The summed E-state index contributed by atoms with van der Waals surface area (Å²) in [7, 11) is 0. The Morgan fingerprint density at radius 3 is 2.57 bits per heavy atom. The maximum atomic E-state index is 12.4. The summed E-state index contributed by atoms with van der Waals surface area (Å²) >= 11 is 0. The van der Waals surface area contributed by atoms with E-state index in [0.29, 0.717) is 0 Å². The molecule has 124 valence electrons. The Hall–Kier alpha value is -1.84. The first kappa shape index (κ1) is 16.0. The van der Waals surface area contributed by atoms with Gasteiger partial charge in [-0.15, -0.1) is 0 Å². The van der Waals surface area contributed by atoms with Crippen molar-refractivity contribution in [3.8, 4) is 0 Å². The quantitative estimate of drug-likeness (QED) is 0.821. The summed E-state index contributed by atoms with van der Waals surface area (Å²) in [4.78, 5) is 19.2. The van der Waals surface area contributed by atoms with Gasteiger partial charge in [0.2, 0.25) is 0 Å². The van der Waals surface area contributed by atoms with Gasteiger partial charge >= 0.3 is 6.09 Å². The summed E-state index contributed by atoms with van der Waals surface area (Å²) < 4.78 is 5.56. The number of rotatable bonds is 2. The van der Waals surface area contributed by atoms with Crippen molar-refractivity contribution in [1.29, 1.82) is 0 Å². The number of carbonyl (C=O) groups is 1. The van der Waals surface area contributed by atoms with Crippen molar-refractivity contribution in [2.45, 2.75) is 64.1 Å². The van der Waals surface area contributed by atoms with Crippen molar-refractivity contribution in [2.24, 2.45) is 4.99 Å². The molecule has 1 aliphatic heterocycles. The van der Waals surface area contributed by atoms with Gasteiger partial charge in [0.05, 0.1) is 12.1 Å². The number of carbonyl (C=O) groups excluding carboxylic acids is 1. The molecule has 2 fully saturated rings. The van der Waals surface area contributed by atoms with Crippen LogP contribution < -0.4 is 0 Å². The van der Waals surface area contributed by atoms with Gasteiger partial charge in [0, 0.05) is 25.1 Å². The van der Waals surface area contributed by atoms with Crippen LogP contribution in [0.1, 0.15) is 52.0 Å². The Morgan fingerprint density at radius 2 is 1.96 bits per heavy atom. The van der Waals surface area contributed by atoms with E-state index < -0.39 is 5.60 Å². The van der Waals surface area contributed by atoms with Crippen molar-refractivity contribution in [2.75, 3.05) is 6.54 Å². The largest absolute Gasteiger partial charge is 0.444 e. The molecular weight excluding hydrogens is 288 g/mol. The summed E-state index contributed by atoms with van der Waals surface area (Å²) in [5.41, 5.74) is 2.02. The average molecular weight is 314 g/mol. The van der Waals surface area contributed by atoms with E-state index in [4.69, 9.17) is 9.73 Å². The molecule has 1 aromatic rings. The fraction of sp³-hybridized carbons (Fsp3) is 0.579. The highest BCUT2D eigenvalue weighted by Crippen LogP contribution is 2.48. The Bertz CT molecular complexity index is 598. The number of aliphatic imine (C=N–C) groups is 1. The highest BCUT2D eigenvalue weighted by Gasteiger charge is 2.53. The lowest BCUT2D eigenvalue weighted by Gasteiger charge is -2.37. The van der Waals surface area contributed by atoms with E-state index in [9.17, 15) is 4.79 Å². The molecule has 1 amide bonds. The van der Waals surface area contributed by atoms with Crippen LogP contribution in [0.4, 0.5) is 4.79 Å². The first-order valence-corrected chi connectivity index (χ1v) is 8.45. The molecule has 0 unspecified atom stereocenters. The highest BCUT2D eigenvalue weighted by atomic mass is 16.6. The van der Waals surface area contributed by atoms with Crippen LogP contribution in [0.5, 0.6) is 0 Å². The van der Waals surface area contributed by atoms with Crippen LogP contribution in [-0.2, 0) is 11.3 Å². The number of benzene rings is 1. The van der Waals surface area contributed by atoms with Gasteiger partial charge in [-0.25, -0.2) is 4.79 Å². The van der Waals surface area contributed by atoms with Crippen LogP contribution in [0.15, 0.2) is 35.3 Å².